The van der Waals surface area contributed by atoms with E-state index in [0.717, 1.165) is 32.5 Å². The molecule has 0 aliphatic carbocycles. The summed E-state index contributed by atoms with van der Waals surface area (Å²) in [6.45, 7) is 12.6. The van der Waals surface area contributed by atoms with Gasteiger partial charge in [0.15, 0.2) is 6.29 Å². The van der Waals surface area contributed by atoms with Crippen LogP contribution in [0, 0.1) is 11.8 Å². The van der Waals surface area contributed by atoms with Gasteiger partial charge in [0.1, 0.15) is 0 Å². The lowest BCUT2D eigenvalue weighted by molar-refractivity contribution is -0.152. The molecule has 0 aromatic carbocycles. The highest BCUT2D eigenvalue weighted by Gasteiger charge is 2.11. The number of hydrogen-bond donors (Lipinski definition) is 0. The van der Waals surface area contributed by atoms with E-state index in [1.807, 2.05) is 0 Å². The maximum Gasteiger partial charge on any atom is 0.157 e. The monoisotopic (exact) mass is 216 g/mol. The van der Waals surface area contributed by atoms with Crippen molar-refractivity contribution >= 4 is 0 Å². The molecule has 0 amide bonds. The van der Waals surface area contributed by atoms with Crippen LogP contribution < -0.4 is 0 Å². The summed E-state index contributed by atoms with van der Waals surface area (Å²) in [5.74, 6) is 1.33. The lowest BCUT2D eigenvalue weighted by Gasteiger charge is -2.20. The fourth-order valence-electron chi connectivity index (χ4n) is 1.25. The first-order chi connectivity index (χ1) is 7.06. The van der Waals surface area contributed by atoms with Crippen LogP contribution in [0.2, 0.25) is 0 Å². The molecular formula is C13H28O2. The van der Waals surface area contributed by atoms with Crippen molar-refractivity contribution in [3.05, 3.63) is 0 Å². The first-order valence-electron chi connectivity index (χ1n) is 6.29. The number of hydrogen-bond acceptors (Lipinski definition) is 2. The SMILES string of the molecule is CCCOC(CC(C)C)OCCC(C)C. The first kappa shape index (κ1) is 14.9. The van der Waals surface area contributed by atoms with Crippen LogP contribution in [0.25, 0.3) is 0 Å². The molecule has 0 rings (SSSR count). The zero-order valence-corrected chi connectivity index (χ0v) is 11.1. The smallest absolute Gasteiger partial charge is 0.157 e. The van der Waals surface area contributed by atoms with Gasteiger partial charge in [0, 0.05) is 19.6 Å². The molecule has 0 aromatic heterocycles. The van der Waals surface area contributed by atoms with Crippen molar-refractivity contribution in [1.82, 2.24) is 0 Å². The predicted molar refractivity (Wildman–Crippen MR) is 64.9 cm³/mol. The highest BCUT2D eigenvalue weighted by atomic mass is 16.7. The molecule has 0 spiro atoms. The van der Waals surface area contributed by atoms with E-state index in [9.17, 15) is 0 Å². The minimum Gasteiger partial charge on any atom is -0.353 e. The Kier molecular flexibility index (Phi) is 9.12. The zero-order chi connectivity index (χ0) is 11.7. The van der Waals surface area contributed by atoms with Gasteiger partial charge >= 0.3 is 0 Å². The molecule has 0 saturated heterocycles. The van der Waals surface area contributed by atoms with Crippen molar-refractivity contribution in [2.75, 3.05) is 13.2 Å². The Balaban J connectivity index is 3.69. The average Bonchev–Trinajstić information content (AvgIpc) is 2.12. The Morgan fingerprint density at radius 1 is 0.867 bits per heavy atom. The molecule has 0 aliphatic heterocycles. The standard InChI is InChI=1S/C13H28O2/c1-6-8-14-13(10-12(4)5)15-9-7-11(2)3/h11-13H,6-10H2,1-5H3. The van der Waals surface area contributed by atoms with E-state index in [2.05, 4.69) is 34.6 Å². The Bertz CT molecular complexity index is 132. The van der Waals surface area contributed by atoms with Gasteiger partial charge < -0.3 is 9.47 Å². The molecular weight excluding hydrogens is 188 g/mol. The molecule has 0 heterocycles. The Labute approximate surface area is 95.3 Å². The predicted octanol–water partition coefficient (Wildman–Crippen LogP) is 3.85. The van der Waals surface area contributed by atoms with E-state index in [1.165, 1.54) is 0 Å². The van der Waals surface area contributed by atoms with Crippen LogP contribution in [0.3, 0.4) is 0 Å². The summed E-state index contributed by atoms with van der Waals surface area (Å²) >= 11 is 0. The van der Waals surface area contributed by atoms with Crippen LogP contribution in [0.4, 0.5) is 0 Å². The quantitative estimate of drug-likeness (QED) is 0.545. The second kappa shape index (κ2) is 9.17. The lowest BCUT2D eigenvalue weighted by Crippen LogP contribution is -2.21. The van der Waals surface area contributed by atoms with Crippen molar-refractivity contribution in [2.45, 2.75) is 60.2 Å². The summed E-state index contributed by atoms with van der Waals surface area (Å²) in [5.41, 5.74) is 0. The lowest BCUT2D eigenvalue weighted by atomic mass is 10.1. The fraction of sp³-hybridized carbons (Fsp3) is 1.00. The van der Waals surface area contributed by atoms with Gasteiger partial charge in [0.25, 0.3) is 0 Å². The summed E-state index contributed by atoms with van der Waals surface area (Å²) < 4.78 is 11.4. The molecule has 0 aliphatic rings. The summed E-state index contributed by atoms with van der Waals surface area (Å²) in [6, 6.07) is 0. The Morgan fingerprint density at radius 3 is 1.93 bits per heavy atom. The normalized spacial score (nSPS) is 13.8. The molecule has 0 saturated carbocycles. The zero-order valence-electron chi connectivity index (χ0n) is 11.1. The summed E-state index contributed by atoms with van der Waals surface area (Å²) in [5, 5.41) is 0. The van der Waals surface area contributed by atoms with Gasteiger partial charge in [-0.05, 0) is 24.7 Å². The van der Waals surface area contributed by atoms with Gasteiger partial charge in [-0.25, -0.2) is 0 Å². The van der Waals surface area contributed by atoms with Gasteiger partial charge in [-0.2, -0.15) is 0 Å². The second-order valence-electron chi connectivity index (χ2n) is 4.98. The van der Waals surface area contributed by atoms with Gasteiger partial charge in [0.05, 0.1) is 0 Å². The third-order valence-electron chi connectivity index (χ3n) is 2.17. The highest BCUT2D eigenvalue weighted by Crippen LogP contribution is 2.11. The molecule has 1 atom stereocenters. The van der Waals surface area contributed by atoms with Crippen molar-refractivity contribution in [3.63, 3.8) is 0 Å². The molecule has 0 radical (unpaired) electrons. The van der Waals surface area contributed by atoms with E-state index in [4.69, 9.17) is 9.47 Å². The minimum absolute atomic E-state index is 0.00343. The molecule has 0 bridgehead atoms. The number of ether oxygens (including phenoxy) is 2. The highest BCUT2D eigenvalue weighted by molar-refractivity contribution is 4.52. The van der Waals surface area contributed by atoms with Crippen LogP contribution in [0.1, 0.15) is 53.9 Å². The van der Waals surface area contributed by atoms with Gasteiger partial charge in [0.2, 0.25) is 0 Å². The maximum atomic E-state index is 5.74. The van der Waals surface area contributed by atoms with Crippen molar-refractivity contribution in [3.8, 4) is 0 Å². The second-order valence-corrected chi connectivity index (χ2v) is 4.98. The van der Waals surface area contributed by atoms with Crippen LogP contribution in [0.5, 0.6) is 0 Å². The largest absolute Gasteiger partial charge is 0.353 e. The van der Waals surface area contributed by atoms with E-state index >= 15 is 0 Å². The van der Waals surface area contributed by atoms with Gasteiger partial charge in [-0.1, -0.05) is 34.6 Å². The molecule has 2 nitrogen and oxygen atoms in total. The average molecular weight is 216 g/mol. The molecule has 0 fully saturated rings. The third-order valence-corrected chi connectivity index (χ3v) is 2.17. The van der Waals surface area contributed by atoms with Crippen LogP contribution in [-0.4, -0.2) is 19.5 Å². The van der Waals surface area contributed by atoms with Crippen molar-refractivity contribution < 1.29 is 9.47 Å². The molecule has 92 valence electrons. The minimum atomic E-state index is 0.00343. The van der Waals surface area contributed by atoms with Crippen LogP contribution >= 0.6 is 0 Å². The van der Waals surface area contributed by atoms with Crippen LogP contribution in [-0.2, 0) is 9.47 Å². The first-order valence-corrected chi connectivity index (χ1v) is 6.29. The summed E-state index contributed by atoms with van der Waals surface area (Å²) in [6.07, 6.45) is 3.17. The topological polar surface area (TPSA) is 18.5 Å². The van der Waals surface area contributed by atoms with E-state index in [0.29, 0.717) is 11.8 Å². The molecule has 2 heteroatoms. The molecule has 0 aromatic rings. The van der Waals surface area contributed by atoms with E-state index < -0.39 is 0 Å². The van der Waals surface area contributed by atoms with Gasteiger partial charge in [-0.3, -0.25) is 0 Å². The molecule has 1 unspecified atom stereocenters. The van der Waals surface area contributed by atoms with Crippen LogP contribution in [0.15, 0.2) is 0 Å². The summed E-state index contributed by atoms with van der Waals surface area (Å²) in [4.78, 5) is 0. The van der Waals surface area contributed by atoms with Crippen molar-refractivity contribution in [1.29, 1.82) is 0 Å². The Hall–Kier alpha value is -0.0800. The molecule has 15 heavy (non-hydrogen) atoms. The van der Waals surface area contributed by atoms with Gasteiger partial charge in [-0.15, -0.1) is 0 Å². The Morgan fingerprint density at radius 2 is 1.47 bits per heavy atom. The van der Waals surface area contributed by atoms with Crippen molar-refractivity contribution in [2.24, 2.45) is 11.8 Å². The number of rotatable bonds is 9. The summed E-state index contributed by atoms with van der Waals surface area (Å²) in [7, 11) is 0. The maximum absolute atomic E-state index is 5.74. The van der Waals surface area contributed by atoms with E-state index in [-0.39, 0.29) is 6.29 Å². The molecule has 0 N–H and O–H groups in total. The fourth-order valence-corrected chi connectivity index (χ4v) is 1.25. The van der Waals surface area contributed by atoms with E-state index in [1.54, 1.807) is 0 Å². The third kappa shape index (κ3) is 10.2.